The fourth-order valence-electron chi connectivity index (χ4n) is 2.14. The van der Waals surface area contributed by atoms with Gasteiger partial charge in [0.05, 0.1) is 12.2 Å². The smallest absolute Gasteiger partial charge is 0.151 e. The second-order valence-electron chi connectivity index (χ2n) is 5.52. The van der Waals surface area contributed by atoms with Crippen molar-refractivity contribution in [1.29, 1.82) is 0 Å². The van der Waals surface area contributed by atoms with E-state index in [1.807, 2.05) is 0 Å². The van der Waals surface area contributed by atoms with Crippen LogP contribution < -0.4 is 5.32 Å². The topological polar surface area (TPSA) is 41.3 Å². The van der Waals surface area contributed by atoms with E-state index in [4.69, 9.17) is 4.52 Å². The summed E-state index contributed by atoms with van der Waals surface area (Å²) in [5, 5.41) is 7.47. The molecule has 2 rings (SSSR count). The summed E-state index contributed by atoms with van der Waals surface area (Å²) >= 11 is 0. The summed E-state index contributed by atoms with van der Waals surface area (Å²) in [5.74, 6) is 0.996. The summed E-state index contributed by atoms with van der Waals surface area (Å²) in [5.41, 5.74) is 1.01. The lowest BCUT2D eigenvalue weighted by Crippen LogP contribution is -2.26. The summed E-state index contributed by atoms with van der Waals surface area (Å²) in [6.45, 7) is 9.36. The predicted molar refractivity (Wildman–Crippen MR) is 72.2 cm³/mol. The third kappa shape index (κ3) is 4.10. The highest BCUT2D eigenvalue weighted by molar-refractivity contribution is 5.06. The van der Waals surface area contributed by atoms with Crippen LogP contribution in [-0.2, 0) is 13.1 Å². The molecule has 0 radical (unpaired) electrons. The Morgan fingerprint density at radius 1 is 1.50 bits per heavy atom. The third-order valence-corrected chi connectivity index (χ3v) is 3.23. The monoisotopic (exact) mass is 251 g/mol. The zero-order chi connectivity index (χ0) is 13.0. The van der Waals surface area contributed by atoms with Gasteiger partial charge in [0.15, 0.2) is 5.76 Å². The molecule has 0 aromatic carbocycles. The molecule has 1 heterocycles. The van der Waals surface area contributed by atoms with Crippen molar-refractivity contribution in [2.24, 2.45) is 0 Å². The number of hydrogen-bond donors (Lipinski definition) is 1. The van der Waals surface area contributed by atoms with Crippen molar-refractivity contribution < 1.29 is 4.52 Å². The van der Waals surface area contributed by atoms with Gasteiger partial charge in [-0.15, -0.1) is 0 Å². The van der Waals surface area contributed by atoms with E-state index < -0.39 is 0 Å². The molecule has 1 fully saturated rings. The first kappa shape index (κ1) is 13.6. The average molecular weight is 251 g/mol. The molecule has 0 amide bonds. The lowest BCUT2D eigenvalue weighted by molar-refractivity contribution is 0.222. The molecule has 0 aliphatic heterocycles. The molecule has 0 spiro atoms. The average Bonchev–Trinajstić information content (AvgIpc) is 3.08. The Balaban J connectivity index is 1.84. The third-order valence-electron chi connectivity index (χ3n) is 3.23. The van der Waals surface area contributed by atoms with Crippen LogP contribution in [0.2, 0.25) is 0 Å². The largest absolute Gasteiger partial charge is 0.360 e. The zero-order valence-electron chi connectivity index (χ0n) is 11.8. The summed E-state index contributed by atoms with van der Waals surface area (Å²) in [4.78, 5) is 2.51. The van der Waals surface area contributed by atoms with Crippen LogP contribution in [0.25, 0.3) is 0 Å². The number of hydrogen-bond acceptors (Lipinski definition) is 4. The van der Waals surface area contributed by atoms with Crippen LogP contribution >= 0.6 is 0 Å². The van der Waals surface area contributed by atoms with E-state index in [1.165, 1.54) is 19.3 Å². The van der Waals surface area contributed by atoms with Gasteiger partial charge in [0, 0.05) is 24.7 Å². The van der Waals surface area contributed by atoms with Gasteiger partial charge < -0.3 is 9.84 Å². The van der Waals surface area contributed by atoms with Gasteiger partial charge in [-0.1, -0.05) is 25.9 Å². The lowest BCUT2D eigenvalue weighted by atomic mass is 10.3. The highest BCUT2D eigenvalue weighted by Gasteiger charge is 2.29. The van der Waals surface area contributed by atoms with Crippen LogP contribution in [0.3, 0.4) is 0 Å². The molecule has 4 heteroatoms. The van der Waals surface area contributed by atoms with Crippen molar-refractivity contribution in [3.63, 3.8) is 0 Å². The van der Waals surface area contributed by atoms with Crippen LogP contribution in [0.1, 0.15) is 51.5 Å². The lowest BCUT2D eigenvalue weighted by Gasteiger charge is -2.18. The highest BCUT2D eigenvalue weighted by atomic mass is 16.5. The minimum absolute atomic E-state index is 0.480. The number of nitrogens with zero attached hydrogens (tertiary/aromatic N) is 2. The first-order valence-corrected chi connectivity index (χ1v) is 7.11. The Hall–Kier alpha value is -0.870. The molecule has 1 aromatic heterocycles. The number of rotatable bonds is 8. The SMILES string of the molecule is CCCN(Cc1cc(CNC(C)C)no1)C1CC1. The molecule has 1 aliphatic rings. The molecular weight excluding hydrogens is 226 g/mol. The molecule has 0 atom stereocenters. The quantitative estimate of drug-likeness (QED) is 0.771. The second kappa shape index (κ2) is 6.34. The minimum Gasteiger partial charge on any atom is -0.360 e. The molecule has 0 saturated heterocycles. The maximum Gasteiger partial charge on any atom is 0.151 e. The Morgan fingerprint density at radius 3 is 2.89 bits per heavy atom. The van der Waals surface area contributed by atoms with Gasteiger partial charge in [0.1, 0.15) is 0 Å². The van der Waals surface area contributed by atoms with Crippen LogP contribution in [0, 0.1) is 0 Å². The van der Waals surface area contributed by atoms with Crippen molar-refractivity contribution in [2.45, 2.75) is 65.2 Å². The molecule has 1 aromatic rings. The van der Waals surface area contributed by atoms with Crippen molar-refractivity contribution in [1.82, 2.24) is 15.4 Å². The number of aromatic nitrogens is 1. The Bertz CT molecular complexity index is 358. The molecule has 1 N–H and O–H groups in total. The van der Waals surface area contributed by atoms with E-state index in [1.54, 1.807) is 0 Å². The van der Waals surface area contributed by atoms with E-state index in [-0.39, 0.29) is 0 Å². The summed E-state index contributed by atoms with van der Waals surface area (Å²) in [6.07, 6.45) is 3.89. The van der Waals surface area contributed by atoms with E-state index in [2.05, 4.69) is 42.2 Å². The fraction of sp³-hybridized carbons (Fsp3) is 0.786. The van der Waals surface area contributed by atoms with Gasteiger partial charge in [-0.25, -0.2) is 0 Å². The Kier molecular flexibility index (Phi) is 4.78. The predicted octanol–water partition coefficient (Wildman–Crippen LogP) is 2.55. The Morgan fingerprint density at radius 2 is 2.28 bits per heavy atom. The van der Waals surface area contributed by atoms with Crippen molar-refractivity contribution in [3.8, 4) is 0 Å². The normalized spacial score (nSPS) is 15.8. The molecule has 18 heavy (non-hydrogen) atoms. The van der Waals surface area contributed by atoms with Gasteiger partial charge in [-0.2, -0.15) is 0 Å². The van der Waals surface area contributed by atoms with Crippen molar-refractivity contribution in [3.05, 3.63) is 17.5 Å². The molecular formula is C14H25N3O. The molecule has 4 nitrogen and oxygen atoms in total. The Labute approximate surface area is 110 Å². The summed E-state index contributed by atoms with van der Waals surface area (Å²) < 4.78 is 5.42. The fourth-order valence-corrected chi connectivity index (χ4v) is 2.14. The maximum atomic E-state index is 5.42. The highest BCUT2D eigenvalue weighted by Crippen LogP contribution is 2.28. The molecule has 0 unspecified atom stereocenters. The van der Waals surface area contributed by atoms with E-state index in [0.29, 0.717) is 6.04 Å². The first-order chi connectivity index (χ1) is 8.69. The van der Waals surface area contributed by atoms with E-state index >= 15 is 0 Å². The first-order valence-electron chi connectivity index (χ1n) is 7.11. The zero-order valence-corrected chi connectivity index (χ0v) is 11.8. The van der Waals surface area contributed by atoms with Gasteiger partial charge in [-0.3, -0.25) is 4.90 Å². The summed E-state index contributed by atoms with van der Waals surface area (Å²) in [7, 11) is 0. The van der Waals surface area contributed by atoms with Gasteiger partial charge in [0.2, 0.25) is 0 Å². The van der Waals surface area contributed by atoms with Crippen LogP contribution in [0.4, 0.5) is 0 Å². The number of nitrogens with one attached hydrogen (secondary N) is 1. The van der Waals surface area contributed by atoms with Crippen molar-refractivity contribution >= 4 is 0 Å². The maximum absolute atomic E-state index is 5.42. The van der Waals surface area contributed by atoms with E-state index in [9.17, 15) is 0 Å². The van der Waals surface area contributed by atoms with Gasteiger partial charge in [0.25, 0.3) is 0 Å². The molecule has 0 bridgehead atoms. The van der Waals surface area contributed by atoms with E-state index in [0.717, 1.165) is 37.1 Å². The second-order valence-corrected chi connectivity index (χ2v) is 5.52. The van der Waals surface area contributed by atoms with Crippen LogP contribution in [-0.4, -0.2) is 28.7 Å². The van der Waals surface area contributed by atoms with Crippen LogP contribution in [0.15, 0.2) is 10.6 Å². The molecule has 1 aliphatic carbocycles. The van der Waals surface area contributed by atoms with Crippen LogP contribution in [0.5, 0.6) is 0 Å². The minimum atomic E-state index is 0.480. The molecule has 102 valence electrons. The van der Waals surface area contributed by atoms with Crippen molar-refractivity contribution in [2.75, 3.05) is 6.54 Å². The standard InChI is InChI=1S/C14H25N3O/c1-4-7-17(13-5-6-13)10-14-8-12(16-18-14)9-15-11(2)3/h8,11,13,15H,4-7,9-10H2,1-3H3. The summed E-state index contributed by atoms with van der Waals surface area (Å²) in [6, 6.07) is 3.35. The molecule has 1 saturated carbocycles. The van der Waals surface area contributed by atoms with Gasteiger partial charge in [-0.05, 0) is 25.8 Å². The van der Waals surface area contributed by atoms with Gasteiger partial charge >= 0.3 is 0 Å².